The summed E-state index contributed by atoms with van der Waals surface area (Å²) in [6.45, 7) is 7.65. The lowest BCUT2D eigenvalue weighted by molar-refractivity contribution is 0.204. The van der Waals surface area contributed by atoms with Crippen molar-refractivity contribution in [3.8, 4) is 0 Å². The average Bonchev–Trinajstić information content (AvgIpc) is 2.72. The normalized spacial score (nSPS) is 21.8. The highest BCUT2D eigenvalue weighted by atomic mass is 32.1. The Hall–Kier alpha value is -0.680. The van der Waals surface area contributed by atoms with Crippen molar-refractivity contribution in [1.29, 1.82) is 0 Å². The SMILES string of the molecule is CCCNc1nnc(CN2CCCCCC2C)s1. The predicted molar refractivity (Wildman–Crippen MR) is 77.0 cm³/mol. The van der Waals surface area contributed by atoms with Gasteiger partial charge in [0.15, 0.2) is 0 Å². The summed E-state index contributed by atoms with van der Waals surface area (Å²) in [6.07, 6.45) is 6.51. The molecule has 1 aromatic heterocycles. The van der Waals surface area contributed by atoms with Crippen molar-refractivity contribution in [1.82, 2.24) is 15.1 Å². The van der Waals surface area contributed by atoms with Crippen molar-refractivity contribution in [3.05, 3.63) is 5.01 Å². The number of anilines is 1. The molecule has 0 amide bonds. The number of nitrogens with zero attached hydrogens (tertiary/aromatic N) is 3. The van der Waals surface area contributed by atoms with Crippen LogP contribution in [0.1, 0.15) is 51.0 Å². The monoisotopic (exact) mass is 268 g/mol. The van der Waals surface area contributed by atoms with Gasteiger partial charge in [-0.05, 0) is 32.7 Å². The Morgan fingerprint density at radius 2 is 2.22 bits per heavy atom. The fraction of sp³-hybridized carbons (Fsp3) is 0.846. The van der Waals surface area contributed by atoms with Crippen LogP contribution in [0.5, 0.6) is 0 Å². The molecule has 102 valence electrons. The lowest BCUT2D eigenvalue weighted by Crippen LogP contribution is -2.31. The molecule has 0 radical (unpaired) electrons. The third-order valence-corrected chi connectivity index (χ3v) is 4.39. The molecule has 5 heteroatoms. The van der Waals surface area contributed by atoms with Gasteiger partial charge < -0.3 is 5.32 Å². The third-order valence-electron chi connectivity index (χ3n) is 3.52. The number of aromatic nitrogens is 2. The van der Waals surface area contributed by atoms with Crippen LogP contribution in [0.2, 0.25) is 0 Å². The van der Waals surface area contributed by atoms with Crippen LogP contribution in [0.15, 0.2) is 0 Å². The third kappa shape index (κ3) is 3.92. The largest absolute Gasteiger partial charge is 0.360 e. The van der Waals surface area contributed by atoms with E-state index in [1.54, 1.807) is 11.3 Å². The average molecular weight is 268 g/mol. The second kappa shape index (κ2) is 7.04. The molecule has 0 bridgehead atoms. The molecule has 0 aromatic carbocycles. The summed E-state index contributed by atoms with van der Waals surface area (Å²) in [5, 5.41) is 13.9. The Kier molecular flexibility index (Phi) is 5.38. The Morgan fingerprint density at radius 3 is 3.06 bits per heavy atom. The minimum Gasteiger partial charge on any atom is -0.360 e. The van der Waals surface area contributed by atoms with E-state index in [1.165, 1.54) is 32.2 Å². The van der Waals surface area contributed by atoms with E-state index in [0.29, 0.717) is 6.04 Å². The summed E-state index contributed by atoms with van der Waals surface area (Å²) < 4.78 is 0. The number of rotatable bonds is 5. The van der Waals surface area contributed by atoms with Gasteiger partial charge in [-0.1, -0.05) is 31.1 Å². The summed E-state index contributed by atoms with van der Waals surface area (Å²) in [5.74, 6) is 0. The van der Waals surface area contributed by atoms with E-state index in [0.717, 1.165) is 29.6 Å². The van der Waals surface area contributed by atoms with Crippen molar-refractivity contribution in [2.45, 2.75) is 58.5 Å². The quantitative estimate of drug-likeness (QED) is 0.891. The number of nitrogens with one attached hydrogen (secondary N) is 1. The molecule has 2 heterocycles. The summed E-state index contributed by atoms with van der Waals surface area (Å²) in [6, 6.07) is 0.684. The smallest absolute Gasteiger partial charge is 0.205 e. The van der Waals surface area contributed by atoms with E-state index in [2.05, 4.69) is 34.3 Å². The minimum absolute atomic E-state index is 0.684. The van der Waals surface area contributed by atoms with E-state index < -0.39 is 0 Å². The highest BCUT2D eigenvalue weighted by Gasteiger charge is 2.18. The van der Waals surface area contributed by atoms with E-state index in [9.17, 15) is 0 Å². The first kappa shape index (κ1) is 13.7. The minimum atomic E-state index is 0.684. The van der Waals surface area contributed by atoms with Gasteiger partial charge in [0.25, 0.3) is 0 Å². The fourth-order valence-corrected chi connectivity index (χ4v) is 3.15. The van der Waals surface area contributed by atoms with Crippen LogP contribution in [0.3, 0.4) is 0 Å². The lowest BCUT2D eigenvalue weighted by Gasteiger charge is -2.25. The van der Waals surface area contributed by atoms with Gasteiger partial charge in [-0.2, -0.15) is 0 Å². The van der Waals surface area contributed by atoms with E-state index >= 15 is 0 Å². The van der Waals surface area contributed by atoms with Gasteiger partial charge in [-0.25, -0.2) is 0 Å². The topological polar surface area (TPSA) is 41.1 Å². The molecule has 1 fully saturated rings. The number of hydrogen-bond acceptors (Lipinski definition) is 5. The Bertz CT molecular complexity index is 353. The van der Waals surface area contributed by atoms with Gasteiger partial charge in [0.1, 0.15) is 5.01 Å². The standard InChI is InChI=1S/C13H24N4S/c1-3-8-14-13-16-15-12(18-13)10-17-9-6-4-5-7-11(17)2/h11H,3-10H2,1-2H3,(H,14,16). The molecular weight excluding hydrogens is 244 g/mol. The zero-order chi connectivity index (χ0) is 12.8. The second-order valence-electron chi connectivity index (χ2n) is 5.10. The van der Waals surface area contributed by atoms with Crippen LogP contribution < -0.4 is 5.32 Å². The molecule has 1 N–H and O–H groups in total. The second-order valence-corrected chi connectivity index (χ2v) is 6.16. The molecule has 1 aliphatic rings. The van der Waals surface area contributed by atoms with Crippen molar-refractivity contribution in [2.75, 3.05) is 18.4 Å². The first-order chi connectivity index (χ1) is 8.79. The first-order valence-electron chi connectivity index (χ1n) is 7.10. The Balaban J connectivity index is 1.89. The molecule has 1 saturated heterocycles. The first-order valence-corrected chi connectivity index (χ1v) is 7.91. The highest BCUT2D eigenvalue weighted by molar-refractivity contribution is 7.15. The molecule has 0 spiro atoms. The molecule has 1 atom stereocenters. The lowest BCUT2D eigenvalue weighted by atomic mass is 10.1. The maximum atomic E-state index is 4.29. The Labute approximate surface area is 114 Å². The van der Waals surface area contributed by atoms with Crippen LogP contribution in [-0.2, 0) is 6.54 Å². The van der Waals surface area contributed by atoms with Gasteiger partial charge >= 0.3 is 0 Å². The van der Waals surface area contributed by atoms with Gasteiger partial charge in [0.05, 0.1) is 6.54 Å². The molecule has 2 rings (SSSR count). The summed E-state index contributed by atoms with van der Waals surface area (Å²) >= 11 is 1.70. The summed E-state index contributed by atoms with van der Waals surface area (Å²) in [7, 11) is 0. The van der Waals surface area contributed by atoms with E-state index in [-0.39, 0.29) is 0 Å². The van der Waals surface area contributed by atoms with Gasteiger partial charge in [0, 0.05) is 12.6 Å². The maximum Gasteiger partial charge on any atom is 0.205 e. The Morgan fingerprint density at radius 1 is 1.33 bits per heavy atom. The van der Waals surface area contributed by atoms with Gasteiger partial charge in [-0.15, -0.1) is 10.2 Å². The van der Waals surface area contributed by atoms with Crippen LogP contribution in [0, 0.1) is 0 Å². The van der Waals surface area contributed by atoms with Crippen LogP contribution in [0.4, 0.5) is 5.13 Å². The van der Waals surface area contributed by atoms with Crippen molar-refractivity contribution >= 4 is 16.5 Å². The highest BCUT2D eigenvalue weighted by Crippen LogP contribution is 2.22. The van der Waals surface area contributed by atoms with Crippen LogP contribution in [0.25, 0.3) is 0 Å². The molecule has 4 nitrogen and oxygen atoms in total. The van der Waals surface area contributed by atoms with Gasteiger partial charge in [-0.3, -0.25) is 4.90 Å². The van der Waals surface area contributed by atoms with Crippen molar-refractivity contribution in [2.24, 2.45) is 0 Å². The molecule has 1 aromatic rings. The number of likely N-dealkylation sites (tertiary alicyclic amines) is 1. The van der Waals surface area contributed by atoms with Crippen molar-refractivity contribution < 1.29 is 0 Å². The van der Waals surface area contributed by atoms with Gasteiger partial charge in [0.2, 0.25) is 5.13 Å². The van der Waals surface area contributed by atoms with E-state index in [1.807, 2.05) is 0 Å². The number of hydrogen-bond donors (Lipinski definition) is 1. The molecule has 18 heavy (non-hydrogen) atoms. The van der Waals surface area contributed by atoms with E-state index in [4.69, 9.17) is 0 Å². The zero-order valence-electron chi connectivity index (χ0n) is 11.5. The van der Waals surface area contributed by atoms with Crippen LogP contribution in [-0.4, -0.2) is 34.2 Å². The fourth-order valence-electron chi connectivity index (χ4n) is 2.36. The molecule has 0 aliphatic carbocycles. The molecule has 1 unspecified atom stereocenters. The summed E-state index contributed by atoms with van der Waals surface area (Å²) in [4.78, 5) is 2.55. The maximum absolute atomic E-state index is 4.29. The molecule has 1 aliphatic heterocycles. The molecule has 0 saturated carbocycles. The summed E-state index contributed by atoms with van der Waals surface area (Å²) in [5.41, 5.74) is 0. The molecular formula is C13H24N4S. The predicted octanol–water partition coefficient (Wildman–Crippen LogP) is 3.12. The zero-order valence-corrected chi connectivity index (χ0v) is 12.3. The van der Waals surface area contributed by atoms with Crippen molar-refractivity contribution in [3.63, 3.8) is 0 Å². The van der Waals surface area contributed by atoms with Crippen LogP contribution >= 0.6 is 11.3 Å².